The summed E-state index contributed by atoms with van der Waals surface area (Å²) < 4.78 is 25.2. The Hall–Kier alpha value is -1.06. The summed E-state index contributed by atoms with van der Waals surface area (Å²) in [5.41, 5.74) is -0.858. The van der Waals surface area contributed by atoms with E-state index in [2.05, 4.69) is 20.9 Å². The van der Waals surface area contributed by atoms with Gasteiger partial charge in [-0.15, -0.1) is 0 Å². The predicted molar refractivity (Wildman–Crippen MR) is 47.5 cm³/mol. The fraction of sp³-hybridized carbons (Fsp3) is 0.250. The Kier molecular flexibility index (Phi) is 3.49. The largest absolute Gasteiger partial charge is 0.390 e. The molecule has 1 aromatic rings. The number of aliphatic hydroxyl groups excluding tert-OH is 1. The Balaban J connectivity index is 3.46. The number of aromatic nitrogens is 1. The Morgan fingerprint density at radius 1 is 1.64 bits per heavy atom. The first-order chi connectivity index (χ1) is 6.61. The zero-order chi connectivity index (χ0) is 10.7. The average molecular weight is 263 g/mol. The second-order valence-electron chi connectivity index (χ2n) is 2.41. The molecule has 0 aliphatic rings. The van der Waals surface area contributed by atoms with Gasteiger partial charge in [-0.2, -0.15) is 5.26 Å². The van der Waals surface area contributed by atoms with Gasteiger partial charge in [0.2, 0.25) is 0 Å². The van der Waals surface area contributed by atoms with Crippen LogP contribution in [0, 0.1) is 11.3 Å². The summed E-state index contributed by atoms with van der Waals surface area (Å²) in [6.07, 6.45) is -1.60. The third-order valence-electron chi connectivity index (χ3n) is 1.63. The lowest BCUT2D eigenvalue weighted by molar-refractivity contribution is 0.145. The van der Waals surface area contributed by atoms with Crippen molar-refractivity contribution in [1.82, 2.24) is 4.98 Å². The summed E-state index contributed by atoms with van der Waals surface area (Å²) in [7, 11) is 0. The van der Waals surface area contributed by atoms with Gasteiger partial charge in [0, 0.05) is 6.20 Å². The van der Waals surface area contributed by atoms with Gasteiger partial charge < -0.3 is 5.11 Å². The zero-order valence-corrected chi connectivity index (χ0v) is 8.42. The van der Waals surface area contributed by atoms with Crippen molar-refractivity contribution in [3.8, 4) is 6.07 Å². The smallest absolute Gasteiger partial charge is 0.267 e. The molecule has 3 nitrogen and oxygen atoms in total. The number of pyridine rings is 1. The van der Waals surface area contributed by atoms with Gasteiger partial charge in [-0.3, -0.25) is 4.98 Å². The van der Waals surface area contributed by atoms with Crippen LogP contribution in [0.2, 0.25) is 0 Å². The second-order valence-corrected chi connectivity index (χ2v) is 3.27. The maximum atomic E-state index is 12.5. The first-order valence-electron chi connectivity index (χ1n) is 3.58. The number of halogens is 3. The maximum Gasteiger partial charge on any atom is 0.267 e. The highest BCUT2D eigenvalue weighted by molar-refractivity contribution is 9.10. The molecule has 0 aromatic carbocycles. The van der Waals surface area contributed by atoms with Crippen LogP contribution in [-0.4, -0.2) is 10.1 Å². The van der Waals surface area contributed by atoms with Crippen molar-refractivity contribution < 1.29 is 13.9 Å². The van der Waals surface area contributed by atoms with Crippen LogP contribution in [0.15, 0.2) is 10.7 Å². The second kappa shape index (κ2) is 4.44. The minimum Gasteiger partial charge on any atom is -0.390 e. The van der Waals surface area contributed by atoms with E-state index in [1.165, 1.54) is 6.20 Å². The van der Waals surface area contributed by atoms with Crippen LogP contribution in [0.3, 0.4) is 0 Å². The highest BCUT2D eigenvalue weighted by Crippen LogP contribution is 2.29. The van der Waals surface area contributed by atoms with Crippen molar-refractivity contribution in [2.75, 3.05) is 0 Å². The molecular formula is C8H5BrF2N2O. The van der Waals surface area contributed by atoms with Crippen LogP contribution in [-0.2, 0) is 6.61 Å². The predicted octanol–water partition coefficient (Wildman–Crippen LogP) is 2.15. The van der Waals surface area contributed by atoms with Gasteiger partial charge in [0.15, 0.2) is 0 Å². The fourth-order valence-corrected chi connectivity index (χ4v) is 1.42. The van der Waals surface area contributed by atoms with Crippen molar-refractivity contribution >= 4 is 15.9 Å². The van der Waals surface area contributed by atoms with E-state index in [9.17, 15) is 8.78 Å². The summed E-state index contributed by atoms with van der Waals surface area (Å²) in [4.78, 5) is 3.60. The zero-order valence-electron chi connectivity index (χ0n) is 6.84. The quantitative estimate of drug-likeness (QED) is 0.889. The van der Waals surface area contributed by atoms with E-state index in [4.69, 9.17) is 10.4 Å². The minimum absolute atomic E-state index is 0.167. The van der Waals surface area contributed by atoms with Gasteiger partial charge >= 0.3 is 0 Å². The van der Waals surface area contributed by atoms with E-state index in [0.717, 1.165) is 0 Å². The highest BCUT2D eigenvalue weighted by Gasteiger charge is 2.20. The van der Waals surface area contributed by atoms with Crippen LogP contribution in [0.4, 0.5) is 8.78 Å². The molecular weight excluding hydrogens is 258 g/mol. The lowest BCUT2D eigenvalue weighted by Gasteiger charge is -2.08. The van der Waals surface area contributed by atoms with E-state index in [1.54, 1.807) is 6.07 Å². The molecule has 0 saturated heterocycles. The number of hydrogen-bond acceptors (Lipinski definition) is 3. The van der Waals surface area contributed by atoms with Crippen molar-refractivity contribution in [2.45, 2.75) is 13.0 Å². The monoisotopic (exact) mass is 262 g/mol. The Morgan fingerprint density at radius 3 is 2.71 bits per heavy atom. The number of alkyl halides is 2. The lowest BCUT2D eigenvalue weighted by atomic mass is 10.1. The molecule has 0 spiro atoms. The van der Waals surface area contributed by atoms with Crippen molar-refractivity contribution in [3.05, 3.63) is 27.5 Å². The third-order valence-corrected chi connectivity index (χ3v) is 2.23. The summed E-state index contributed by atoms with van der Waals surface area (Å²) in [5.74, 6) is 0. The molecule has 0 radical (unpaired) electrons. The van der Waals surface area contributed by atoms with E-state index in [0.29, 0.717) is 0 Å². The molecule has 1 N–H and O–H groups in total. The first-order valence-corrected chi connectivity index (χ1v) is 4.37. The van der Waals surface area contributed by atoms with E-state index < -0.39 is 18.6 Å². The molecule has 0 unspecified atom stereocenters. The number of nitrogens with zero attached hydrogens (tertiary/aromatic N) is 2. The molecule has 0 amide bonds. The Morgan fingerprint density at radius 2 is 2.29 bits per heavy atom. The van der Waals surface area contributed by atoms with Gasteiger partial charge in [-0.05, 0) is 15.9 Å². The van der Waals surface area contributed by atoms with Gasteiger partial charge in [-0.1, -0.05) is 0 Å². The van der Waals surface area contributed by atoms with E-state index in [1.807, 2.05) is 0 Å². The molecule has 1 rings (SSSR count). The van der Waals surface area contributed by atoms with Gasteiger partial charge in [0.25, 0.3) is 6.43 Å². The average Bonchev–Trinajstić information content (AvgIpc) is 2.17. The number of hydrogen-bond donors (Lipinski definition) is 1. The van der Waals surface area contributed by atoms with Gasteiger partial charge in [-0.25, -0.2) is 8.78 Å². The van der Waals surface area contributed by atoms with Crippen molar-refractivity contribution in [1.29, 1.82) is 5.26 Å². The summed E-state index contributed by atoms with van der Waals surface area (Å²) in [6.45, 7) is -0.609. The number of nitriles is 1. The molecule has 6 heteroatoms. The molecule has 74 valence electrons. The van der Waals surface area contributed by atoms with E-state index in [-0.39, 0.29) is 15.7 Å². The molecule has 1 aromatic heterocycles. The molecule has 0 fully saturated rings. The summed E-state index contributed by atoms with van der Waals surface area (Å²) in [6, 6.07) is 1.64. The highest BCUT2D eigenvalue weighted by atomic mass is 79.9. The molecule has 14 heavy (non-hydrogen) atoms. The Bertz CT molecular complexity index is 390. The van der Waals surface area contributed by atoms with Crippen molar-refractivity contribution in [2.24, 2.45) is 0 Å². The molecule has 0 aliphatic carbocycles. The first kappa shape index (κ1) is 11.0. The minimum atomic E-state index is -2.82. The van der Waals surface area contributed by atoms with Crippen LogP contribution in [0.1, 0.15) is 23.2 Å². The molecule has 0 atom stereocenters. The standard InChI is InChI=1S/C8H5BrF2N2O/c9-5-2-13-6(3-14)7(8(10)11)4(5)1-12/h2,8,14H,3H2. The summed E-state index contributed by atoms with van der Waals surface area (Å²) in [5, 5.41) is 17.4. The molecule has 0 bridgehead atoms. The SMILES string of the molecule is N#Cc1c(Br)cnc(CO)c1C(F)F. The van der Waals surface area contributed by atoms with Crippen molar-refractivity contribution in [3.63, 3.8) is 0 Å². The van der Waals surface area contributed by atoms with Gasteiger partial charge in [0.1, 0.15) is 6.07 Å². The maximum absolute atomic E-state index is 12.5. The number of aliphatic hydroxyl groups is 1. The van der Waals surface area contributed by atoms with Gasteiger partial charge in [0.05, 0.1) is 27.9 Å². The lowest BCUT2D eigenvalue weighted by Crippen LogP contribution is -2.02. The summed E-state index contributed by atoms with van der Waals surface area (Å²) >= 11 is 2.94. The Labute approximate surface area is 87.1 Å². The molecule has 1 heterocycles. The topological polar surface area (TPSA) is 56.9 Å². The molecule has 0 aliphatic heterocycles. The van der Waals surface area contributed by atoms with E-state index >= 15 is 0 Å². The van der Waals surface area contributed by atoms with Crippen LogP contribution < -0.4 is 0 Å². The third kappa shape index (κ3) is 1.89. The molecule has 0 saturated carbocycles. The number of rotatable bonds is 2. The van der Waals surface area contributed by atoms with Crippen LogP contribution in [0.25, 0.3) is 0 Å². The fourth-order valence-electron chi connectivity index (χ4n) is 1.02. The normalized spacial score (nSPS) is 10.3. The van der Waals surface area contributed by atoms with Crippen LogP contribution in [0.5, 0.6) is 0 Å². The van der Waals surface area contributed by atoms with Crippen LogP contribution >= 0.6 is 15.9 Å².